The van der Waals surface area contributed by atoms with E-state index in [1.807, 2.05) is 44.2 Å². The molecule has 400 valence electrons. The maximum Gasteiger partial charge on any atom is 0.329 e. The Balaban J connectivity index is 0.882. The number of allylic oxidation sites excluding steroid dienone is 1. The van der Waals surface area contributed by atoms with Crippen LogP contribution >= 0.6 is 0 Å². The number of nitrogens with one attached hydrogen (secondary N) is 3. The SMILES string of the molecule is C=C1CCC(N2C(=O)c3ccc(NCCCCCCCCNC(=O)COc4ccccc4[C@@H](CCc4ccc(C)c(C)c4)OC(=O)[C@@H]4CCCCN4C(=O)[C@@H](CC)c4cc(C)c(OC)c(OC)c4)cc3C2=O)C(=O)N1. The van der Waals surface area contributed by atoms with Gasteiger partial charge >= 0.3 is 5.97 Å². The number of anilines is 1. The van der Waals surface area contributed by atoms with E-state index in [0.29, 0.717) is 97.8 Å². The molecule has 4 aromatic rings. The zero-order chi connectivity index (χ0) is 53.6. The van der Waals surface area contributed by atoms with E-state index in [1.165, 1.54) is 11.1 Å². The Labute approximate surface area is 442 Å². The molecule has 15 nitrogen and oxygen atoms in total. The molecule has 0 aliphatic carbocycles. The quantitative estimate of drug-likeness (QED) is 0.0327. The fourth-order valence-corrected chi connectivity index (χ4v) is 10.5. The van der Waals surface area contributed by atoms with E-state index in [-0.39, 0.29) is 24.3 Å². The summed E-state index contributed by atoms with van der Waals surface area (Å²) in [5, 5.41) is 9.01. The number of imide groups is 1. The highest BCUT2D eigenvalue weighted by Crippen LogP contribution is 2.38. The summed E-state index contributed by atoms with van der Waals surface area (Å²) in [5.41, 5.74) is 7.75. The van der Waals surface area contributed by atoms with E-state index in [4.69, 9.17) is 18.9 Å². The lowest BCUT2D eigenvalue weighted by Crippen LogP contribution is -2.51. The molecule has 0 aromatic heterocycles. The number of para-hydroxylation sites is 1. The predicted molar refractivity (Wildman–Crippen MR) is 288 cm³/mol. The summed E-state index contributed by atoms with van der Waals surface area (Å²) in [5.74, 6) is -0.991. The Bertz CT molecular complexity index is 2740. The topological polar surface area (TPSA) is 182 Å². The molecule has 4 atom stereocenters. The number of aryl methyl sites for hydroxylation is 4. The molecule has 4 aromatic carbocycles. The molecular weight excluding hydrogens is 951 g/mol. The number of piperidine rings is 2. The molecular formula is C60H75N5O10. The number of fused-ring (bicyclic) bond motifs is 1. The molecule has 2 fully saturated rings. The summed E-state index contributed by atoms with van der Waals surface area (Å²) < 4.78 is 23.9. The molecule has 3 heterocycles. The number of ether oxygens (including phenoxy) is 4. The van der Waals surface area contributed by atoms with Crippen molar-refractivity contribution in [1.29, 1.82) is 0 Å². The minimum atomic E-state index is -0.841. The molecule has 2 saturated heterocycles. The lowest BCUT2D eigenvalue weighted by Gasteiger charge is -2.37. The van der Waals surface area contributed by atoms with Crippen LogP contribution in [0.3, 0.4) is 0 Å². The third-order valence-electron chi connectivity index (χ3n) is 14.8. The van der Waals surface area contributed by atoms with Crippen molar-refractivity contribution < 1.29 is 47.7 Å². The predicted octanol–water partition coefficient (Wildman–Crippen LogP) is 9.76. The monoisotopic (exact) mass is 1030 g/mol. The third-order valence-corrected chi connectivity index (χ3v) is 14.8. The number of unbranched alkanes of at least 4 members (excludes halogenated alkanes) is 5. The van der Waals surface area contributed by atoms with Crippen molar-refractivity contribution >= 4 is 41.2 Å². The van der Waals surface area contributed by atoms with Crippen LogP contribution in [0.1, 0.15) is 157 Å². The molecule has 75 heavy (non-hydrogen) atoms. The first-order valence-electron chi connectivity index (χ1n) is 26.7. The molecule has 0 spiro atoms. The van der Waals surface area contributed by atoms with Gasteiger partial charge in [0.1, 0.15) is 23.9 Å². The second-order valence-corrected chi connectivity index (χ2v) is 20.1. The van der Waals surface area contributed by atoms with Crippen LogP contribution in [-0.4, -0.2) is 97.8 Å². The number of hydrogen-bond acceptors (Lipinski definition) is 11. The van der Waals surface area contributed by atoms with E-state index in [0.717, 1.165) is 78.6 Å². The van der Waals surface area contributed by atoms with Gasteiger partial charge in [0.05, 0.1) is 31.3 Å². The minimum absolute atomic E-state index is 0.125. The number of methoxy groups -OCH3 is 2. The van der Waals surface area contributed by atoms with Crippen molar-refractivity contribution in [3.63, 3.8) is 0 Å². The molecule has 3 aliphatic rings. The van der Waals surface area contributed by atoms with E-state index >= 15 is 0 Å². The highest BCUT2D eigenvalue weighted by molar-refractivity contribution is 6.23. The van der Waals surface area contributed by atoms with Crippen molar-refractivity contribution in [2.75, 3.05) is 45.8 Å². The summed E-state index contributed by atoms with van der Waals surface area (Å²) in [7, 11) is 3.17. The van der Waals surface area contributed by atoms with Gasteiger partial charge in [0.2, 0.25) is 11.8 Å². The summed E-state index contributed by atoms with van der Waals surface area (Å²) in [4.78, 5) is 83.8. The van der Waals surface area contributed by atoms with E-state index in [9.17, 15) is 28.8 Å². The number of amides is 5. The Morgan fingerprint density at radius 3 is 2.27 bits per heavy atom. The number of esters is 1. The Hall–Kier alpha value is -7.16. The molecule has 15 heteroatoms. The number of rotatable bonds is 25. The molecule has 3 N–H and O–H groups in total. The minimum Gasteiger partial charge on any atom is -0.493 e. The molecule has 0 radical (unpaired) electrons. The first kappa shape index (κ1) is 55.6. The lowest BCUT2D eigenvalue weighted by molar-refractivity contribution is -0.162. The van der Waals surface area contributed by atoms with Crippen molar-refractivity contribution in [3.05, 3.63) is 130 Å². The Morgan fingerprint density at radius 2 is 1.53 bits per heavy atom. The van der Waals surface area contributed by atoms with Gasteiger partial charge in [-0.2, -0.15) is 0 Å². The maximum atomic E-state index is 14.5. The highest BCUT2D eigenvalue weighted by atomic mass is 16.5. The average molecular weight is 1030 g/mol. The van der Waals surface area contributed by atoms with Gasteiger partial charge in [-0.25, -0.2) is 4.79 Å². The second-order valence-electron chi connectivity index (χ2n) is 20.1. The summed E-state index contributed by atoms with van der Waals surface area (Å²) >= 11 is 0. The largest absolute Gasteiger partial charge is 0.493 e. The Kier molecular flexibility index (Phi) is 19.5. The number of benzene rings is 4. The van der Waals surface area contributed by atoms with Crippen LogP contribution < -0.4 is 30.2 Å². The van der Waals surface area contributed by atoms with Crippen LogP contribution in [0, 0.1) is 20.8 Å². The molecule has 7 rings (SSSR count). The first-order valence-corrected chi connectivity index (χ1v) is 26.7. The van der Waals surface area contributed by atoms with E-state index < -0.39 is 41.9 Å². The maximum absolute atomic E-state index is 14.5. The molecule has 0 bridgehead atoms. The number of carbonyl (C=O) groups excluding carboxylic acids is 6. The van der Waals surface area contributed by atoms with Crippen LogP contribution in [0.2, 0.25) is 0 Å². The summed E-state index contributed by atoms with van der Waals surface area (Å²) in [6, 6.07) is 21.1. The molecule has 1 unspecified atom stereocenters. The molecule has 3 aliphatic heterocycles. The fourth-order valence-electron chi connectivity index (χ4n) is 10.5. The Morgan fingerprint density at radius 1 is 0.787 bits per heavy atom. The zero-order valence-corrected chi connectivity index (χ0v) is 44.6. The van der Waals surface area contributed by atoms with Crippen molar-refractivity contribution in [1.82, 2.24) is 20.4 Å². The molecule has 5 amide bonds. The van der Waals surface area contributed by atoms with Crippen LogP contribution in [0.4, 0.5) is 5.69 Å². The number of nitrogens with zero attached hydrogens (tertiary/aromatic N) is 2. The van der Waals surface area contributed by atoms with Crippen molar-refractivity contribution in [3.8, 4) is 17.2 Å². The third kappa shape index (κ3) is 13.8. The summed E-state index contributed by atoms with van der Waals surface area (Å²) in [6.07, 6.45) is 9.56. The fraction of sp³-hybridized carbons (Fsp3) is 0.467. The van der Waals surface area contributed by atoms with Gasteiger partial charge in [0.25, 0.3) is 17.7 Å². The number of carbonyl (C=O) groups is 6. The van der Waals surface area contributed by atoms with Gasteiger partial charge in [0, 0.05) is 36.6 Å². The van der Waals surface area contributed by atoms with Crippen LogP contribution in [0.5, 0.6) is 17.2 Å². The van der Waals surface area contributed by atoms with Gasteiger partial charge in [0.15, 0.2) is 18.1 Å². The number of likely N-dealkylation sites (tertiary alicyclic amines) is 1. The van der Waals surface area contributed by atoms with Gasteiger partial charge in [-0.15, -0.1) is 0 Å². The van der Waals surface area contributed by atoms with Crippen LogP contribution in [0.25, 0.3) is 0 Å². The van der Waals surface area contributed by atoms with Gasteiger partial charge in [-0.1, -0.05) is 81.7 Å². The smallest absolute Gasteiger partial charge is 0.329 e. The van der Waals surface area contributed by atoms with Gasteiger partial charge in [-0.3, -0.25) is 28.9 Å². The van der Waals surface area contributed by atoms with Gasteiger partial charge < -0.3 is 39.8 Å². The van der Waals surface area contributed by atoms with Gasteiger partial charge in [-0.05, 0) is 143 Å². The lowest BCUT2D eigenvalue weighted by atomic mass is 9.91. The van der Waals surface area contributed by atoms with E-state index in [2.05, 4.69) is 54.6 Å². The summed E-state index contributed by atoms with van der Waals surface area (Å²) in [6.45, 7) is 13.3. The normalized spacial score (nSPS) is 17.2. The first-order chi connectivity index (χ1) is 36.2. The average Bonchev–Trinajstić information content (AvgIpc) is 3.66. The van der Waals surface area contributed by atoms with Crippen LogP contribution in [-0.2, 0) is 30.3 Å². The van der Waals surface area contributed by atoms with Crippen LogP contribution in [0.15, 0.2) is 85.1 Å². The number of hydrogen-bond donors (Lipinski definition) is 3. The second kappa shape index (κ2) is 26.4. The standard InChI is InChI=1S/C60H75N5O10/c1-8-45(43-34-40(4)55(73-7)53(35-43)72-6)57(68)64-32-18-15-20-50(64)60(71)75-52(29-25-42-24-22-38(2)39(3)33-42)47-19-13-14-21-51(47)74-37-54(66)62-31-17-12-10-9-11-16-30-61-44-26-27-46-48(36-44)59(70)65(58(46)69)49-28-23-41(5)63-56(49)67/h13-14,19,21-22,24,26-27,33-36,45,49-50,52,61H,5,8-12,15-18,20,23,25,28-32,37H2,1-4,6-7H3,(H,62,66)(H,63,67)/t45-,49?,50-,52+/m0/s1. The molecule has 0 saturated carbocycles. The van der Waals surface area contributed by atoms with Crippen molar-refractivity contribution in [2.24, 2.45) is 0 Å². The van der Waals surface area contributed by atoms with Crippen molar-refractivity contribution in [2.45, 2.75) is 142 Å². The van der Waals surface area contributed by atoms with E-state index in [1.54, 1.807) is 43.4 Å². The highest BCUT2D eigenvalue weighted by Gasteiger charge is 2.44. The zero-order valence-electron chi connectivity index (χ0n) is 44.6.